The molecule has 1 aliphatic carbocycles. The molecule has 0 spiro atoms. The molecule has 1 saturated carbocycles. The molecular formula is C14H24N4. The number of nitrogen functional groups attached to an aromatic ring is 1. The zero-order chi connectivity index (χ0) is 13.0. The first-order valence-electron chi connectivity index (χ1n) is 7.01. The standard InChI is InChI=1S/C14H24N4/c1-11(2)7-10-18(12-5-3-4-6-12)14-13(15)16-8-9-17-14/h8-9,11-12H,3-7,10H2,1-2H3,(H2,15,16). The van der Waals surface area contributed by atoms with Gasteiger partial charge in [0, 0.05) is 25.0 Å². The van der Waals surface area contributed by atoms with Crippen LogP contribution in [0.25, 0.3) is 0 Å². The molecule has 1 fully saturated rings. The molecule has 4 heteroatoms. The third-order valence-electron chi connectivity index (χ3n) is 3.69. The van der Waals surface area contributed by atoms with Gasteiger partial charge in [-0.25, -0.2) is 9.97 Å². The fraction of sp³-hybridized carbons (Fsp3) is 0.714. The molecule has 2 rings (SSSR count). The SMILES string of the molecule is CC(C)CCN(c1nccnc1N)C1CCCC1. The quantitative estimate of drug-likeness (QED) is 0.870. The average Bonchev–Trinajstić information content (AvgIpc) is 2.85. The molecule has 0 bridgehead atoms. The fourth-order valence-corrected chi connectivity index (χ4v) is 2.64. The fourth-order valence-electron chi connectivity index (χ4n) is 2.64. The lowest BCUT2D eigenvalue weighted by molar-refractivity contribution is 0.525. The summed E-state index contributed by atoms with van der Waals surface area (Å²) in [6.07, 6.45) is 9.73. The summed E-state index contributed by atoms with van der Waals surface area (Å²) in [6, 6.07) is 0.600. The monoisotopic (exact) mass is 248 g/mol. The van der Waals surface area contributed by atoms with Crippen LogP contribution in [0, 0.1) is 5.92 Å². The average molecular weight is 248 g/mol. The smallest absolute Gasteiger partial charge is 0.171 e. The van der Waals surface area contributed by atoms with E-state index in [4.69, 9.17) is 5.73 Å². The van der Waals surface area contributed by atoms with Crippen molar-refractivity contribution in [2.75, 3.05) is 17.2 Å². The minimum atomic E-state index is 0.563. The second kappa shape index (κ2) is 6.03. The summed E-state index contributed by atoms with van der Waals surface area (Å²) in [4.78, 5) is 11.0. The first kappa shape index (κ1) is 13.1. The minimum Gasteiger partial charge on any atom is -0.381 e. The number of anilines is 2. The third-order valence-corrected chi connectivity index (χ3v) is 3.69. The summed E-state index contributed by atoms with van der Waals surface area (Å²) in [5, 5.41) is 0. The lowest BCUT2D eigenvalue weighted by Crippen LogP contribution is -2.36. The molecule has 1 aromatic heterocycles. The van der Waals surface area contributed by atoms with E-state index in [1.54, 1.807) is 12.4 Å². The van der Waals surface area contributed by atoms with Crippen molar-refractivity contribution in [1.82, 2.24) is 9.97 Å². The van der Waals surface area contributed by atoms with Crippen molar-refractivity contribution in [3.8, 4) is 0 Å². The normalized spacial score (nSPS) is 16.4. The maximum absolute atomic E-state index is 5.98. The molecule has 0 aliphatic heterocycles. The van der Waals surface area contributed by atoms with Crippen LogP contribution in [-0.4, -0.2) is 22.6 Å². The molecular weight excluding hydrogens is 224 g/mol. The van der Waals surface area contributed by atoms with Gasteiger partial charge in [-0.05, 0) is 25.2 Å². The molecule has 0 unspecified atom stereocenters. The Bertz CT molecular complexity index is 372. The van der Waals surface area contributed by atoms with Crippen LogP contribution in [-0.2, 0) is 0 Å². The van der Waals surface area contributed by atoms with Crippen molar-refractivity contribution < 1.29 is 0 Å². The second-order valence-corrected chi connectivity index (χ2v) is 5.58. The van der Waals surface area contributed by atoms with Crippen LogP contribution >= 0.6 is 0 Å². The van der Waals surface area contributed by atoms with Gasteiger partial charge < -0.3 is 10.6 Å². The van der Waals surface area contributed by atoms with Crippen LogP contribution in [0.2, 0.25) is 0 Å². The van der Waals surface area contributed by atoms with Crippen LogP contribution in [0.4, 0.5) is 11.6 Å². The van der Waals surface area contributed by atoms with Gasteiger partial charge in [0.1, 0.15) is 0 Å². The number of hydrogen-bond acceptors (Lipinski definition) is 4. The summed E-state index contributed by atoms with van der Waals surface area (Å²) < 4.78 is 0. The molecule has 0 radical (unpaired) electrons. The predicted octanol–water partition coefficient (Wildman–Crippen LogP) is 2.85. The van der Waals surface area contributed by atoms with Gasteiger partial charge in [0.25, 0.3) is 0 Å². The Morgan fingerprint density at radius 1 is 1.28 bits per heavy atom. The maximum atomic E-state index is 5.98. The number of nitrogens with zero attached hydrogens (tertiary/aromatic N) is 3. The first-order chi connectivity index (χ1) is 8.68. The van der Waals surface area contributed by atoms with Gasteiger partial charge in [-0.2, -0.15) is 0 Å². The summed E-state index contributed by atoms with van der Waals surface area (Å²) in [5.41, 5.74) is 5.98. The zero-order valence-electron chi connectivity index (χ0n) is 11.5. The highest BCUT2D eigenvalue weighted by Crippen LogP contribution is 2.29. The Morgan fingerprint density at radius 2 is 1.94 bits per heavy atom. The van der Waals surface area contributed by atoms with Gasteiger partial charge in [-0.15, -0.1) is 0 Å². The first-order valence-corrected chi connectivity index (χ1v) is 7.01. The predicted molar refractivity (Wildman–Crippen MR) is 75.5 cm³/mol. The molecule has 1 heterocycles. The Morgan fingerprint density at radius 3 is 2.56 bits per heavy atom. The highest BCUT2D eigenvalue weighted by atomic mass is 15.2. The number of nitrogens with two attached hydrogens (primary N) is 1. The molecule has 0 aromatic carbocycles. The highest BCUT2D eigenvalue weighted by molar-refractivity contribution is 5.58. The molecule has 2 N–H and O–H groups in total. The number of rotatable bonds is 5. The Labute approximate surface area is 110 Å². The van der Waals surface area contributed by atoms with E-state index in [1.165, 1.54) is 32.1 Å². The minimum absolute atomic E-state index is 0.563. The third kappa shape index (κ3) is 3.12. The van der Waals surface area contributed by atoms with Crippen molar-refractivity contribution in [3.63, 3.8) is 0 Å². The molecule has 18 heavy (non-hydrogen) atoms. The van der Waals surface area contributed by atoms with Crippen LogP contribution < -0.4 is 10.6 Å². The molecule has 0 amide bonds. The van der Waals surface area contributed by atoms with Crippen LogP contribution in [0.5, 0.6) is 0 Å². The van der Waals surface area contributed by atoms with Crippen molar-refractivity contribution in [2.24, 2.45) is 5.92 Å². The molecule has 0 atom stereocenters. The molecule has 4 nitrogen and oxygen atoms in total. The second-order valence-electron chi connectivity index (χ2n) is 5.58. The lowest BCUT2D eigenvalue weighted by Gasteiger charge is -2.31. The van der Waals surface area contributed by atoms with Gasteiger partial charge in [-0.1, -0.05) is 26.7 Å². The van der Waals surface area contributed by atoms with Gasteiger partial charge in [0.05, 0.1) is 0 Å². The van der Waals surface area contributed by atoms with Gasteiger partial charge in [0.2, 0.25) is 0 Å². The Kier molecular flexibility index (Phi) is 4.39. The lowest BCUT2D eigenvalue weighted by atomic mass is 10.1. The molecule has 100 valence electrons. The van der Waals surface area contributed by atoms with Gasteiger partial charge >= 0.3 is 0 Å². The Hall–Kier alpha value is -1.32. The molecule has 0 saturated heterocycles. The summed E-state index contributed by atoms with van der Waals surface area (Å²) in [7, 11) is 0. The molecule has 1 aliphatic rings. The van der Waals surface area contributed by atoms with Crippen molar-refractivity contribution in [3.05, 3.63) is 12.4 Å². The topological polar surface area (TPSA) is 55.0 Å². The summed E-state index contributed by atoms with van der Waals surface area (Å²) in [6.45, 7) is 5.55. The van der Waals surface area contributed by atoms with E-state index < -0.39 is 0 Å². The van der Waals surface area contributed by atoms with Crippen molar-refractivity contribution >= 4 is 11.6 Å². The van der Waals surface area contributed by atoms with Crippen LogP contribution in [0.3, 0.4) is 0 Å². The number of aromatic nitrogens is 2. The van der Waals surface area contributed by atoms with E-state index in [0.717, 1.165) is 12.4 Å². The van der Waals surface area contributed by atoms with Gasteiger partial charge in [-0.3, -0.25) is 0 Å². The van der Waals surface area contributed by atoms with E-state index in [0.29, 0.717) is 17.8 Å². The van der Waals surface area contributed by atoms with Crippen molar-refractivity contribution in [1.29, 1.82) is 0 Å². The Balaban J connectivity index is 2.15. The zero-order valence-corrected chi connectivity index (χ0v) is 11.5. The van der Waals surface area contributed by atoms with Crippen LogP contribution in [0.1, 0.15) is 46.0 Å². The van der Waals surface area contributed by atoms with Gasteiger partial charge in [0.15, 0.2) is 11.6 Å². The largest absolute Gasteiger partial charge is 0.381 e. The number of hydrogen-bond donors (Lipinski definition) is 1. The molecule has 1 aromatic rings. The summed E-state index contributed by atoms with van der Waals surface area (Å²) >= 11 is 0. The van der Waals surface area contributed by atoms with E-state index in [1.807, 2.05) is 0 Å². The van der Waals surface area contributed by atoms with Crippen molar-refractivity contribution in [2.45, 2.75) is 52.0 Å². The van der Waals surface area contributed by atoms with E-state index in [9.17, 15) is 0 Å². The highest BCUT2D eigenvalue weighted by Gasteiger charge is 2.25. The van der Waals surface area contributed by atoms with E-state index >= 15 is 0 Å². The van der Waals surface area contributed by atoms with Crippen LogP contribution in [0.15, 0.2) is 12.4 Å². The summed E-state index contributed by atoms with van der Waals surface area (Å²) in [5.74, 6) is 2.14. The van der Waals surface area contributed by atoms with E-state index in [-0.39, 0.29) is 0 Å². The van der Waals surface area contributed by atoms with E-state index in [2.05, 4.69) is 28.7 Å². The maximum Gasteiger partial charge on any atom is 0.171 e.